The Bertz CT molecular complexity index is 1240. The predicted octanol–water partition coefficient (Wildman–Crippen LogP) is 3.65. The molecule has 4 rings (SSSR count). The van der Waals surface area contributed by atoms with Crippen molar-refractivity contribution in [2.75, 3.05) is 23.3 Å². The second-order valence-corrected chi connectivity index (χ2v) is 8.41. The SMILES string of the molecule is C=CCn1c(-c2sc(NC(=O)c3ccc(N4CCNC4=O)c(C)c3)nc2C)n[nH]c1=S. The lowest BCUT2D eigenvalue weighted by molar-refractivity contribution is 0.102. The molecule has 1 saturated heterocycles. The monoisotopic (exact) mass is 455 g/mol. The van der Waals surface area contributed by atoms with Gasteiger partial charge in [-0.25, -0.2) is 9.78 Å². The van der Waals surface area contributed by atoms with E-state index < -0.39 is 0 Å². The fourth-order valence-corrected chi connectivity index (χ4v) is 4.58. The van der Waals surface area contributed by atoms with Crippen molar-refractivity contribution in [3.05, 3.63) is 52.4 Å². The highest BCUT2D eigenvalue weighted by molar-refractivity contribution is 7.71. The van der Waals surface area contributed by atoms with Crippen LogP contribution in [0, 0.1) is 18.6 Å². The number of amides is 3. The lowest BCUT2D eigenvalue weighted by atomic mass is 10.1. The van der Waals surface area contributed by atoms with E-state index >= 15 is 0 Å². The Balaban J connectivity index is 1.55. The molecule has 3 N–H and O–H groups in total. The van der Waals surface area contributed by atoms with Gasteiger partial charge in [-0.05, 0) is 49.8 Å². The Morgan fingerprint density at radius 3 is 2.90 bits per heavy atom. The van der Waals surface area contributed by atoms with Crippen LogP contribution in [-0.2, 0) is 6.54 Å². The minimum Gasteiger partial charge on any atom is -0.336 e. The van der Waals surface area contributed by atoms with Gasteiger partial charge in [0.05, 0.1) is 10.6 Å². The van der Waals surface area contributed by atoms with Crippen LogP contribution in [-0.4, -0.2) is 44.8 Å². The molecule has 2 aromatic heterocycles. The number of nitrogens with one attached hydrogen (secondary N) is 3. The number of nitrogens with zero attached hydrogens (tertiary/aromatic N) is 4. The molecule has 0 aliphatic carbocycles. The summed E-state index contributed by atoms with van der Waals surface area (Å²) in [5.74, 6) is 0.385. The number of allylic oxidation sites excluding steroid dienone is 1. The van der Waals surface area contributed by atoms with E-state index in [1.807, 2.05) is 18.4 Å². The lowest BCUT2D eigenvalue weighted by Crippen LogP contribution is -2.28. The van der Waals surface area contributed by atoms with E-state index in [0.29, 0.717) is 40.9 Å². The molecule has 31 heavy (non-hydrogen) atoms. The van der Waals surface area contributed by atoms with Crippen LogP contribution >= 0.6 is 23.6 Å². The third-order valence-electron chi connectivity index (χ3n) is 4.90. The Morgan fingerprint density at radius 1 is 1.42 bits per heavy atom. The van der Waals surface area contributed by atoms with Crippen molar-refractivity contribution in [3.63, 3.8) is 0 Å². The first-order valence-corrected chi connectivity index (χ1v) is 10.8. The van der Waals surface area contributed by atoms with Crippen molar-refractivity contribution < 1.29 is 9.59 Å². The fraction of sp³-hybridized carbons (Fsp3) is 0.250. The third-order valence-corrected chi connectivity index (χ3v) is 6.28. The maximum absolute atomic E-state index is 12.8. The van der Waals surface area contributed by atoms with Crippen LogP contribution < -0.4 is 15.5 Å². The summed E-state index contributed by atoms with van der Waals surface area (Å²) in [4.78, 5) is 31.7. The Kier molecular flexibility index (Phi) is 5.70. The first-order valence-electron chi connectivity index (χ1n) is 9.60. The zero-order valence-electron chi connectivity index (χ0n) is 17.1. The summed E-state index contributed by atoms with van der Waals surface area (Å²) in [7, 11) is 0. The highest BCUT2D eigenvalue weighted by Gasteiger charge is 2.23. The second kappa shape index (κ2) is 8.44. The number of benzene rings is 1. The molecule has 0 unspecified atom stereocenters. The number of carbonyl (C=O) groups is 2. The Hall–Kier alpha value is -3.31. The van der Waals surface area contributed by atoms with Gasteiger partial charge in [-0.3, -0.25) is 24.7 Å². The number of aromatic nitrogens is 4. The molecule has 3 heterocycles. The van der Waals surface area contributed by atoms with Gasteiger partial charge >= 0.3 is 6.03 Å². The van der Waals surface area contributed by atoms with Crippen molar-refractivity contribution >= 4 is 46.3 Å². The Labute approximate surface area is 187 Å². The van der Waals surface area contributed by atoms with Crippen LogP contribution in [0.25, 0.3) is 10.7 Å². The van der Waals surface area contributed by atoms with E-state index in [2.05, 4.69) is 32.4 Å². The average molecular weight is 456 g/mol. The van der Waals surface area contributed by atoms with Crippen LogP contribution in [0.4, 0.5) is 15.6 Å². The van der Waals surface area contributed by atoms with E-state index in [-0.39, 0.29) is 11.9 Å². The van der Waals surface area contributed by atoms with Gasteiger partial charge in [0.25, 0.3) is 5.91 Å². The molecule has 3 aromatic rings. The molecule has 11 heteroatoms. The molecule has 1 aromatic carbocycles. The third kappa shape index (κ3) is 4.01. The largest absolute Gasteiger partial charge is 0.336 e. The predicted molar refractivity (Wildman–Crippen MR) is 123 cm³/mol. The van der Waals surface area contributed by atoms with Crippen molar-refractivity contribution in [1.82, 2.24) is 25.1 Å². The molecule has 9 nitrogen and oxygen atoms in total. The molecule has 0 bridgehead atoms. The number of anilines is 2. The van der Waals surface area contributed by atoms with Crippen LogP contribution in [0.2, 0.25) is 0 Å². The molecule has 1 fully saturated rings. The van der Waals surface area contributed by atoms with Gasteiger partial charge in [0.2, 0.25) is 0 Å². The average Bonchev–Trinajstić information content (AvgIpc) is 3.42. The molecule has 3 amide bonds. The number of urea groups is 1. The summed E-state index contributed by atoms with van der Waals surface area (Å²) in [5, 5.41) is 13.2. The number of aryl methyl sites for hydroxylation is 2. The molecule has 0 atom stereocenters. The number of hydrogen-bond donors (Lipinski definition) is 3. The van der Waals surface area contributed by atoms with E-state index in [4.69, 9.17) is 12.2 Å². The quantitative estimate of drug-likeness (QED) is 0.388. The first-order chi connectivity index (χ1) is 14.9. The van der Waals surface area contributed by atoms with Gasteiger partial charge in [-0.2, -0.15) is 5.10 Å². The zero-order chi connectivity index (χ0) is 22.1. The maximum atomic E-state index is 12.8. The van der Waals surface area contributed by atoms with Gasteiger partial charge in [0.1, 0.15) is 0 Å². The highest BCUT2D eigenvalue weighted by atomic mass is 32.1. The number of carbonyl (C=O) groups excluding carboxylic acids is 2. The topological polar surface area (TPSA) is 108 Å². The van der Waals surface area contributed by atoms with Crippen LogP contribution in [0.1, 0.15) is 21.6 Å². The number of H-pyrrole nitrogens is 1. The summed E-state index contributed by atoms with van der Waals surface area (Å²) in [6.07, 6.45) is 1.74. The summed E-state index contributed by atoms with van der Waals surface area (Å²) in [5.41, 5.74) is 2.88. The molecule has 0 spiro atoms. The lowest BCUT2D eigenvalue weighted by Gasteiger charge is -2.17. The molecule has 160 valence electrons. The minimum atomic E-state index is -0.272. The van der Waals surface area contributed by atoms with Crippen molar-refractivity contribution in [2.45, 2.75) is 20.4 Å². The first kappa shape index (κ1) is 20.9. The van der Waals surface area contributed by atoms with Gasteiger partial charge < -0.3 is 5.32 Å². The minimum absolute atomic E-state index is 0.125. The standard InChI is InChI=1S/C20H21N7O2S2/c1-4-8-27-16(24-25-20(27)30)15-12(3)22-18(31-15)23-17(28)13-5-6-14(11(2)10-13)26-9-7-21-19(26)29/h4-6,10H,1,7-9H2,2-3H3,(H,21,29)(H,25,30)(H,22,23,28). The summed E-state index contributed by atoms with van der Waals surface area (Å²) < 4.78 is 2.32. The molecular formula is C20H21N7O2S2. The van der Waals surface area contributed by atoms with Crippen LogP contribution in [0.5, 0.6) is 0 Å². The van der Waals surface area contributed by atoms with Crippen molar-refractivity contribution in [1.29, 1.82) is 0 Å². The van der Waals surface area contributed by atoms with Crippen LogP contribution in [0.3, 0.4) is 0 Å². The highest BCUT2D eigenvalue weighted by Crippen LogP contribution is 2.32. The van der Waals surface area contributed by atoms with E-state index in [1.165, 1.54) is 11.3 Å². The summed E-state index contributed by atoms with van der Waals surface area (Å²) >= 11 is 6.60. The van der Waals surface area contributed by atoms with E-state index in [9.17, 15) is 9.59 Å². The van der Waals surface area contributed by atoms with Crippen molar-refractivity contribution in [3.8, 4) is 10.7 Å². The fourth-order valence-electron chi connectivity index (χ4n) is 3.42. The maximum Gasteiger partial charge on any atom is 0.322 e. The molecule has 0 saturated carbocycles. The normalized spacial score (nSPS) is 13.4. The number of rotatable bonds is 6. The molecular weight excluding hydrogens is 434 g/mol. The summed E-state index contributed by atoms with van der Waals surface area (Å²) in [6, 6.07) is 5.15. The van der Waals surface area contributed by atoms with E-state index in [0.717, 1.165) is 21.8 Å². The number of hydrogen-bond acceptors (Lipinski definition) is 6. The smallest absolute Gasteiger partial charge is 0.322 e. The van der Waals surface area contributed by atoms with Crippen molar-refractivity contribution in [2.24, 2.45) is 0 Å². The number of thiazole rings is 1. The van der Waals surface area contributed by atoms with Gasteiger partial charge in [-0.15, -0.1) is 6.58 Å². The zero-order valence-corrected chi connectivity index (χ0v) is 18.7. The molecule has 1 aliphatic rings. The molecule has 0 radical (unpaired) electrons. The number of aromatic amines is 1. The van der Waals surface area contributed by atoms with Gasteiger partial charge in [0, 0.05) is 30.9 Å². The van der Waals surface area contributed by atoms with Gasteiger partial charge in [-0.1, -0.05) is 17.4 Å². The second-order valence-electron chi connectivity index (χ2n) is 7.02. The Morgan fingerprint density at radius 2 is 2.23 bits per heavy atom. The van der Waals surface area contributed by atoms with Crippen LogP contribution in [0.15, 0.2) is 30.9 Å². The van der Waals surface area contributed by atoms with E-state index in [1.54, 1.807) is 29.2 Å². The van der Waals surface area contributed by atoms with Gasteiger partial charge in [0.15, 0.2) is 15.7 Å². The summed E-state index contributed by atoms with van der Waals surface area (Å²) in [6.45, 7) is 9.23. The molecule has 1 aliphatic heterocycles.